The summed E-state index contributed by atoms with van der Waals surface area (Å²) in [4.78, 5) is 29.1. The number of imidazole rings is 1. The topological polar surface area (TPSA) is 133 Å². The first-order chi connectivity index (χ1) is 16.4. The van der Waals surface area contributed by atoms with Gasteiger partial charge in [-0.3, -0.25) is 9.52 Å². The number of rotatable bonds is 6. The number of hydrogen-bond acceptors (Lipinski definition) is 5. The van der Waals surface area contributed by atoms with Crippen LogP contribution in [0.5, 0.6) is 5.75 Å². The number of benzene rings is 3. The van der Waals surface area contributed by atoms with Crippen molar-refractivity contribution in [1.82, 2.24) is 15.3 Å². The van der Waals surface area contributed by atoms with E-state index in [9.17, 15) is 18.0 Å². The van der Waals surface area contributed by atoms with E-state index in [2.05, 4.69) is 20.0 Å². The lowest BCUT2D eigenvalue weighted by molar-refractivity contribution is 0.0939. The third kappa shape index (κ3) is 4.53. The van der Waals surface area contributed by atoms with Gasteiger partial charge in [0.2, 0.25) is 0 Å². The lowest BCUT2D eigenvalue weighted by atomic mass is 9.96. The van der Waals surface area contributed by atoms with Crippen molar-refractivity contribution in [3.63, 3.8) is 0 Å². The number of fused-ring (bicyclic) bond motifs is 2. The van der Waals surface area contributed by atoms with Crippen LogP contribution in [0.1, 0.15) is 15.9 Å². The third-order valence-electron chi connectivity index (χ3n) is 5.70. The first-order valence-electron chi connectivity index (χ1n) is 10.7. The summed E-state index contributed by atoms with van der Waals surface area (Å²) in [5, 5.41) is 2.92. The quantitative estimate of drug-likeness (QED) is 0.338. The van der Waals surface area contributed by atoms with E-state index in [1.807, 2.05) is 24.3 Å². The lowest BCUT2D eigenvalue weighted by Crippen LogP contribution is -2.34. The maximum absolute atomic E-state index is 12.7. The van der Waals surface area contributed by atoms with Crippen molar-refractivity contribution < 1.29 is 17.9 Å². The molecular weight excluding hydrogens is 456 g/mol. The summed E-state index contributed by atoms with van der Waals surface area (Å²) in [5.41, 5.74) is 2.37. The Bertz CT molecular complexity index is 1520. The number of H-pyrrole nitrogens is 2. The number of carbonyl (C=O) groups is 1. The van der Waals surface area contributed by atoms with E-state index >= 15 is 0 Å². The smallest absolute Gasteiger partial charge is 0.323 e. The molecule has 0 radical (unpaired) electrons. The monoisotopic (exact) mass is 478 g/mol. The fourth-order valence-electron chi connectivity index (χ4n) is 3.94. The highest BCUT2D eigenvalue weighted by Gasteiger charge is 2.20. The van der Waals surface area contributed by atoms with Gasteiger partial charge in [-0.25, -0.2) is 13.2 Å². The predicted octanol–water partition coefficient (Wildman–Crippen LogP) is 2.64. The van der Waals surface area contributed by atoms with Crippen molar-refractivity contribution in [3.8, 4) is 5.75 Å². The molecular formula is C24H22N4O5S. The summed E-state index contributed by atoms with van der Waals surface area (Å²) < 4.78 is 33.7. The maximum atomic E-state index is 12.7. The second-order valence-electron chi connectivity index (χ2n) is 8.17. The molecule has 0 bridgehead atoms. The molecule has 1 aliphatic rings. The lowest BCUT2D eigenvalue weighted by Gasteiger charge is -2.25. The van der Waals surface area contributed by atoms with Crippen molar-refractivity contribution in [1.29, 1.82) is 0 Å². The summed E-state index contributed by atoms with van der Waals surface area (Å²) in [6, 6.07) is 18.4. The fraction of sp³-hybridized carbons (Fsp3) is 0.167. The molecule has 1 unspecified atom stereocenters. The van der Waals surface area contributed by atoms with Crippen LogP contribution >= 0.6 is 0 Å². The van der Waals surface area contributed by atoms with Gasteiger partial charge in [-0.2, -0.15) is 0 Å². The first-order valence-corrected chi connectivity index (χ1v) is 12.2. The number of sulfonamides is 1. The van der Waals surface area contributed by atoms with Crippen LogP contribution in [0.4, 0.5) is 5.69 Å². The van der Waals surface area contributed by atoms with Crippen molar-refractivity contribution in [2.24, 2.45) is 5.92 Å². The fourth-order valence-corrected chi connectivity index (χ4v) is 5.03. The SMILES string of the molecule is O=C(NCC1COc2ccccc2C1)c1ccc(NS(=O)(=O)c2ccc3[nH]c(=O)[nH]c3c2)cc1. The van der Waals surface area contributed by atoms with Gasteiger partial charge in [0.25, 0.3) is 15.9 Å². The molecule has 9 nitrogen and oxygen atoms in total. The van der Waals surface area contributed by atoms with Gasteiger partial charge >= 0.3 is 5.69 Å². The number of hydrogen-bond donors (Lipinski definition) is 4. The Morgan fingerprint density at radius 3 is 2.59 bits per heavy atom. The predicted molar refractivity (Wildman–Crippen MR) is 128 cm³/mol. The Morgan fingerprint density at radius 2 is 1.76 bits per heavy atom. The van der Waals surface area contributed by atoms with Crippen LogP contribution in [0.25, 0.3) is 11.0 Å². The molecule has 3 aromatic carbocycles. The molecule has 0 saturated heterocycles. The average Bonchev–Trinajstić information content (AvgIpc) is 3.22. The Morgan fingerprint density at radius 1 is 1.00 bits per heavy atom. The Hall–Kier alpha value is -4.05. The van der Waals surface area contributed by atoms with E-state index in [-0.39, 0.29) is 16.7 Å². The first kappa shape index (κ1) is 21.8. The van der Waals surface area contributed by atoms with Crippen LogP contribution < -0.4 is 20.5 Å². The Kier molecular flexibility index (Phi) is 5.58. The van der Waals surface area contributed by atoms with Gasteiger partial charge in [-0.1, -0.05) is 18.2 Å². The number of carbonyl (C=O) groups excluding carboxylic acids is 1. The van der Waals surface area contributed by atoms with E-state index in [1.165, 1.54) is 30.3 Å². The van der Waals surface area contributed by atoms with Gasteiger partial charge in [0.1, 0.15) is 5.75 Å². The zero-order valence-corrected chi connectivity index (χ0v) is 18.8. The van der Waals surface area contributed by atoms with Gasteiger partial charge in [0, 0.05) is 23.7 Å². The number of anilines is 1. The molecule has 0 spiro atoms. The van der Waals surface area contributed by atoms with Crippen molar-refractivity contribution >= 4 is 32.7 Å². The van der Waals surface area contributed by atoms with E-state index in [0.717, 1.165) is 17.7 Å². The van der Waals surface area contributed by atoms with E-state index in [1.54, 1.807) is 12.1 Å². The van der Waals surface area contributed by atoms with E-state index in [4.69, 9.17) is 4.74 Å². The van der Waals surface area contributed by atoms with Crippen LogP contribution in [-0.2, 0) is 16.4 Å². The average molecular weight is 479 g/mol. The number of nitrogens with one attached hydrogen (secondary N) is 4. The molecule has 1 aliphatic heterocycles. The van der Waals surface area contributed by atoms with Crippen LogP contribution in [0.2, 0.25) is 0 Å². The third-order valence-corrected chi connectivity index (χ3v) is 7.08. The van der Waals surface area contributed by atoms with Gasteiger partial charge < -0.3 is 20.0 Å². The van der Waals surface area contributed by atoms with Crippen molar-refractivity contribution in [2.75, 3.05) is 17.9 Å². The molecule has 1 atom stereocenters. The van der Waals surface area contributed by atoms with Gasteiger partial charge in [-0.05, 0) is 60.5 Å². The molecule has 1 amide bonds. The summed E-state index contributed by atoms with van der Waals surface area (Å²) in [6.45, 7) is 1.02. The van der Waals surface area contributed by atoms with Gasteiger partial charge in [0.05, 0.1) is 22.5 Å². The summed E-state index contributed by atoms with van der Waals surface area (Å²) >= 11 is 0. The molecule has 0 fully saturated rings. The molecule has 1 aromatic heterocycles. The van der Waals surface area contributed by atoms with Crippen LogP contribution in [0.3, 0.4) is 0 Å². The zero-order chi connectivity index (χ0) is 23.7. The molecule has 10 heteroatoms. The molecule has 4 N–H and O–H groups in total. The molecule has 0 aliphatic carbocycles. The van der Waals surface area contributed by atoms with Crippen molar-refractivity contribution in [2.45, 2.75) is 11.3 Å². The molecule has 5 rings (SSSR count). The number of amides is 1. The highest BCUT2D eigenvalue weighted by molar-refractivity contribution is 7.92. The van der Waals surface area contributed by atoms with E-state index < -0.39 is 15.7 Å². The molecule has 4 aromatic rings. The summed E-state index contributed by atoms with van der Waals surface area (Å²) in [7, 11) is -3.88. The van der Waals surface area contributed by atoms with Crippen molar-refractivity contribution in [3.05, 3.63) is 88.3 Å². The van der Waals surface area contributed by atoms with Gasteiger partial charge in [-0.15, -0.1) is 0 Å². The summed E-state index contributed by atoms with van der Waals surface area (Å²) in [5.74, 6) is 0.830. The van der Waals surface area contributed by atoms with E-state index in [0.29, 0.717) is 35.4 Å². The second kappa shape index (κ2) is 8.71. The summed E-state index contributed by atoms with van der Waals surface area (Å²) in [6.07, 6.45) is 0.833. The molecule has 0 saturated carbocycles. The molecule has 2 heterocycles. The zero-order valence-electron chi connectivity index (χ0n) is 18.0. The maximum Gasteiger partial charge on any atom is 0.323 e. The number of aromatic nitrogens is 2. The molecule has 34 heavy (non-hydrogen) atoms. The minimum atomic E-state index is -3.88. The largest absolute Gasteiger partial charge is 0.493 e. The Balaban J connectivity index is 1.20. The standard InChI is InChI=1S/C24H22N4O5S/c29-23(25-13-15-11-17-3-1-2-4-22(17)33-14-15)16-5-7-18(8-6-16)28-34(31,32)19-9-10-20-21(12-19)27-24(30)26-20/h1-10,12,15,28H,11,13-14H2,(H,25,29)(H2,26,27,30). The highest BCUT2D eigenvalue weighted by atomic mass is 32.2. The highest BCUT2D eigenvalue weighted by Crippen LogP contribution is 2.26. The second-order valence-corrected chi connectivity index (χ2v) is 9.85. The Labute approximate surface area is 195 Å². The number of para-hydroxylation sites is 1. The minimum absolute atomic E-state index is 0.00773. The minimum Gasteiger partial charge on any atom is -0.493 e. The number of aromatic amines is 2. The van der Waals surface area contributed by atoms with Crippen LogP contribution in [-0.4, -0.2) is 37.4 Å². The molecule has 174 valence electrons. The van der Waals surface area contributed by atoms with Gasteiger partial charge in [0.15, 0.2) is 0 Å². The normalized spacial score (nSPS) is 15.4. The van der Waals surface area contributed by atoms with Crippen LogP contribution in [0, 0.1) is 5.92 Å². The van der Waals surface area contributed by atoms with Crippen LogP contribution in [0.15, 0.2) is 76.4 Å². The number of ether oxygens (including phenoxy) is 1.